The molecule has 1 saturated carbocycles. The van der Waals surface area contributed by atoms with Crippen molar-refractivity contribution in [3.05, 3.63) is 45.6 Å². The first-order chi connectivity index (χ1) is 10.0. The fourth-order valence-electron chi connectivity index (χ4n) is 1.84. The van der Waals surface area contributed by atoms with Crippen molar-refractivity contribution in [3.63, 3.8) is 0 Å². The maximum Gasteiger partial charge on any atom is 0.251 e. The van der Waals surface area contributed by atoms with Crippen LogP contribution >= 0.6 is 0 Å². The first kappa shape index (κ1) is 15.3. The van der Waals surface area contributed by atoms with Gasteiger partial charge in [-0.3, -0.25) is 9.59 Å². The molecule has 2 aromatic rings. The summed E-state index contributed by atoms with van der Waals surface area (Å²) in [6, 6.07) is 5.73. The molecule has 0 atom stereocenters. The van der Waals surface area contributed by atoms with Crippen molar-refractivity contribution in [2.75, 3.05) is 0 Å². The third-order valence-corrected chi connectivity index (χ3v) is 3.33. The van der Waals surface area contributed by atoms with Gasteiger partial charge in [0.1, 0.15) is 5.76 Å². The molecule has 2 heterocycles. The number of aromatic nitrogens is 1. The van der Waals surface area contributed by atoms with Gasteiger partial charge in [-0.1, -0.05) is 6.92 Å². The number of pyridine rings is 1. The minimum absolute atomic E-state index is 0.0732. The van der Waals surface area contributed by atoms with Gasteiger partial charge in [0, 0.05) is 22.9 Å². The van der Waals surface area contributed by atoms with E-state index in [1.54, 1.807) is 19.1 Å². The maximum atomic E-state index is 11.6. The third-order valence-electron chi connectivity index (χ3n) is 3.33. The predicted octanol–water partition coefficient (Wildman–Crippen LogP) is 2.43. The molecule has 3 N–H and O–H groups in total. The molecule has 0 radical (unpaired) electrons. The molecule has 0 unspecified atom stereocenters. The number of furan rings is 1. The normalized spacial score (nSPS) is 13.5. The Morgan fingerprint density at radius 1 is 1.43 bits per heavy atom. The highest BCUT2D eigenvalue weighted by Crippen LogP contribution is 2.24. The van der Waals surface area contributed by atoms with Crippen molar-refractivity contribution < 1.29 is 9.21 Å². The van der Waals surface area contributed by atoms with E-state index in [4.69, 9.17) is 10.2 Å². The molecule has 0 aliphatic heterocycles. The maximum absolute atomic E-state index is 11.6. The van der Waals surface area contributed by atoms with Crippen molar-refractivity contribution in [3.8, 4) is 11.3 Å². The molecule has 1 fully saturated rings. The first-order valence-corrected chi connectivity index (χ1v) is 7.09. The van der Waals surface area contributed by atoms with E-state index >= 15 is 0 Å². The standard InChI is InChI=1S/C13H13NO3.C3H7N/c1-3-9-6-11(8(2)14-13(9)16)12-5-4-10(7-15)17-12;4-3-1-2-3/h4-7H,3H2,1-2H3,(H,14,16);3H,1-2,4H2. The highest BCUT2D eigenvalue weighted by molar-refractivity contribution is 5.73. The molecule has 2 aromatic heterocycles. The van der Waals surface area contributed by atoms with Crippen molar-refractivity contribution in [1.29, 1.82) is 0 Å². The van der Waals surface area contributed by atoms with Gasteiger partial charge in [-0.15, -0.1) is 0 Å². The van der Waals surface area contributed by atoms with Gasteiger partial charge in [0.25, 0.3) is 5.56 Å². The molecule has 21 heavy (non-hydrogen) atoms. The van der Waals surface area contributed by atoms with Crippen LogP contribution in [0.3, 0.4) is 0 Å². The second-order valence-corrected chi connectivity index (χ2v) is 5.17. The van der Waals surface area contributed by atoms with Gasteiger partial charge in [-0.05, 0) is 44.4 Å². The van der Waals surface area contributed by atoms with Crippen molar-refractivity contribution in [2.45, 2.75) is 39.2 Å². The molecule has 112 valence electrons. The Hall–Kier alpha value is -2.14. The zero-order valence-electron chi connectivity index (χ0n) is 12.3. The van der Waals surface area contributed by atoms with E-state index in [1.807, 2.05) is 13.0 Å². The Morgan fingerprint density at radius 2 is 2.10 bits per heavy atom. The van der Waals surface area contributed by atoms with E-state index in [1.165, 1.54) is 12.8 Å². The molecule has 5 nitrogen and oxygen atoms in total. The summed E-state index contributed by atoms with van der Waals surface area (Å²) in [5, 5.41) is 0. The Morgan fingerprint density at radius 3 is 2.57 bits per heavy atom. The Kier molecular flexibility index (Phi) is 4.75. The number of hydrogen-bond donors (Lipinski definition) is 2. The number of aldehydes is 1. The number of rotatable bonds is 3. The Labute approximate surface area is 123 Å². The summed E-state index contributed by atoms with van der Waals surface area (Å²) in [6.07, 6.45) is 3.84. The highest BCUT2D eigenvalue weighted by atomic mass is 16.3. The Balaban J connectivity index is 0.000000347. The van der Waals surface area contributed by atoms with Crippen LogP contribution in [0.4, 0.5) is 0 Å². The second-order valence-electron chi connectivity index (χ2n) is 5.17. The lowest BCUT2D eigenvalue weighted by molar-refractivity contribution is 0.110. The number of aromatic amines is 1. The summed E-state index contributed by atoms with van der Waals surface area (Å²) in [7, 11) is 0. The molecular weight excluding hydrogens is 268 g/mol. The van der Waals surface area contributed by atoms with Gasteiger partial charge in [0.2, 0.25) is 0 Å². The van der Waals surface area contributed by atoms with Gasteiger partial charge in [-0.2, -0.15) is 0 Å². The second kappa shape index (κ2) is 6.54. The predicted molar refractivity (Wildman–Crippen MR) is 81.5 cm³/mol. The van der Waals surface area contributed by atoms with E-state index < -0.39 is 0 Å². The SMILES string of the molecule is CCc1cc(-c2ccc(C=O)o2)c(C)[nH]c1=O.NC1CC1. The van der Waals surface area contributed by atoms with Crippen LogP contribution in [-0.2, 0) is 6.42 Å². The smallest absolute Gasteiger partial charge is 0.251 e. The zero-order chi connectivity index (χ0) is 15.4. The minimum Gasteiger partial charge on any atom is -0.453 e. The summed E-state index contributed by atoms with van der Waals surface area (Å²) < 4.78 is 5.35. The Bertz CT molecular complexity index is 681. The van der Waals surface area contributed by atoms with Crippen LogP contribution in [0.5, 0.6) is 0 Å². The molecule has 0 bridgehead atoms. The van der Waals surface area contributed by atoms with E-state index in [-0.39, 0.29) is 11.3 Å². The van der Waals surface area contributed by atoms with Crippen molar-refractivity contribution >= 4 is 6.29 Å². The molecular formula is C16H20N2O3. The molecule has 0 amide bonds. The van der Waals surface area contributed by atoms with E-state index in [0.29, 0.717) is 30.1 Å². The molecule has 5 heteroatoms. The summed E-state index contributed by atoms with van der Waals surface area (Å²) >= 11 is 0. The number of carbonyl (C=O) groups is 1. The molecule has 1 aliphatic carbocycles. The summed E-state index contributed by atoms with van der Waals surface area (Å²) in [5.41, 5.74) is 7.40. The number of hydrogen-bond acceptors (Lipinski definition) is 4. The van der Waals surface area contributed by atoms with Crippen LogP contribution in [0.2, 0.25) is 0 Å². The summed E-state index contributed by atoms with van der Waals surface area (Å²) in [4.78, 5) is 24.9. The lowest BCUT2D eigenvalue weighted by Gasteiger charge is -2.04. The van der Waals surface area contributed by atoms with Gasteiger partial charge in [0.15, 0.2) is 12.0 Å². The average molecular weight is 288 g/mol. The van der Waals surface area contributed by atoms with E-state index in [2.05, 4.69) is 4.98 Å². The third kappa shape index (κ3) is 3.92. The van der Waals surface area contributed by atoms with Crippen LogP contribution in [-0.4, -0.2) is 17.3 Å². The van der Waals surface area contributed by atoms with Crippen LogP contribution < -0.4 is 11.3 Å². The van der Waals surface area contributed by atoms with Gasteiger partial charge >= 0.3 is 0 Å². The van der Waals surface area contributed by atoms with Crippen LogP contribution in [0, 0.1) is 6.92 Å². The topological polar surface area (TPSA) is 89.1 Å². The quantitative estimate of drug-likeness (QED) is 0.849. The lowest BCUT2D eigenvalue weighted by Crippen LogP contribution is -2.13. The number of carbonyl (C=O) groups excluding carboxylic acids is 1. The van der Waals surface area contributed by atoms with Crippen LogP contribution in [0.1, 0.15) is 41.6 Å². The van der Waals surface area contributed by atoms with Crippen molar-refractivity contribution in [2.24, 2.45) is 5.73 Å². The zero-order valence-corrected chi connectivity index (χ0v) is 12.3. The lowest BCUT2D eigenvalue weighted by atomic mass is 10.1. The summed E-state index contributed by atoms with van der Waals surface area (Å²) in [6.45, 7) is 3.72. The molecule has 0 aromatic carbocycles. The number of nitrogens with one attached hydrogen (secondary N) is 1. The van der Waals surface area contributed by atoms with Gasteiger partial charge < -0.3 is 15.1 Å². The number of aryl methyl sites for hydroxylation is 2. The monoisotopic (exact) mass is 288 g/mol. The molecule has 0 spiro atoms. The molecule has 1 aliphatic rings. The highest BCUT2D eigenvalue weighted by Gasteiger charge is 2.13. The van der Waals surface area contributed by atoms with Gasteiger partial charge in [0.05, 0.1) is 0 Å². The van der Waals surface area contributed by atoms with Crippen LogP contribution in [0.25, 0.3) is 11.3 Å². The summed E-state index contributed by atoms with van der Waals surface area (Å²) in [5.74, 6) is 0.874. The van der Waals surface area contributed by atoms with E-state index in [0.717, 1.165) is 11.3 Å². The average Bonchev–Trinajstić information content (AvgIpc) is 3.10. The van der Waals surface area contributed by atoms with Crippen LogP contribution in [0.15, 0.2) is 27.4 Å². The first-order valence-electron chi connectivity index (χ1n) is 7.09. The molecule has 0 saturated heterocycles. The van der Waals surface area contributed by atoms with E-state index in [9.17, 15) is 9.59 Å². The minimum atomic E-state index is -0.0732. The molecule has 3 rings (SSSR count). The fraction of sp³-hybridized carbons (Fsp3) is 0.375. The number of H-pyrrole nitrogens is 1. The largest absolute Gasteiger partial charge is 0.453 e. The van der Waals surface area contributed by atoms with Gasteiger partial charge in [-0.25, -0.2) is 0 Å². The fourth-order valence-corrected chi connectivity index (χ4v) is 1.84. The van der Waals surface area contributed by atoms with Crippen molar-refractivity contribution in [1.82, 2.24) is 4.98 Å². The number of nitrogens with two attached hydrogens (primary N) is 1.